The number of anilines is 3. The highest BCUT2D eigenvalue weighted by atomic mass is 35.5. The Balaban J connectivity index is 1.70. The molecule has 0 atom stereocenters. The van der Waals surface area contributed by atoms with Crippen molar-refractivity contribution in [3.8, 4) is 0 Å². The Kier molecular flexibility index (Phi) is 3.88. The van der Waals surface area contributed by atoms with Gasteiger partial charge in [-0.1, -0.05) is 17.7 Å². The molecule has 0 radical (unpaired) electrons. The third-order valence-corrected chi connectivity index (χ3v) is 4.00. The lowest BCUT2D eigenvalue weighted by Crippen LogP contribution is -2.46. The molecular weight excluding hydrogens is 289 g/mol. The van der Waals surface area contributed by atoms with Crippen molar-refractivity contribution in [3.05, 3.63) is 53.3 Å². The highest BCUT2D eigenvalue weighted by molar-refractivity contribution is 6.30. The maximum absolute atomic E-state index is 14.0. The predicted molar refractivity (Wildman–Crippen MR) is 86.7 cm³/mol. The van der Waals surface area contributed by atoms with Crippen LogP contribution in [-0.4, -0.2) is 26.2 Å². The van der Waals surface area contributed by atoms with E-state index in [1.54, 1.807) is 12.1 Å². The SMILES string of the molecule is Nc1ccc(N2CCN(c3cccc(Cl)c3)CC2)c(F)c1. The molecule has 3 rings (SSSR count). The van der Waals surface area contributed by atoms with E-state index in [4.69, 9.17) is 17.3 Å². The predicted octanol–water partition coefficient (Wildman–Crippen LogP) is 3.39. The molecule has 1 aliphatic heterocycles. The van der Waals surface area contributed by atoms with E-state index in [9.17, 15) is 4.39 Å². The lowest BCUT2D eigenvalue weighted by molar-refractivity contribution is 0.598. The fraction of sp³-hybridized carbons (Fsp3) is 0.250. The molecule has 0 bridgehead atoms. The molecule has 1 aliphatic rings. The van der Waals surface area contributed by atoms with Crippen molar-refractivity contribution in [1.29, 1.82) is 0 Å². The van der Waals surface area contributed by atoms with Gasteiger partial charge in [0.25, 0.3) is 0 Å². The van der Waals surface area contributed by atoms with Crippen LogP contribution in [0.4, 0.5) is 21.5 Å². The van der Waals surface area contributed by atoms with E-state index in [-0.39, 0.29) is 5.82 Å². The minimum absolute atomic E-state index is 0.258. The van der Waals surface area contributed by atoms with Crippen molar-refractivity contribution < 1.29 is 4.39 Å². The number of nitrogen functional groups attached to an aromatic ring is 1. The molecule has 0 amide bonds. The Morgan fingerprint density at radius 3 is 2.33 bits per heavy atom. The largest absolute Gasteiger partial charge is 0.399 e. The molecule has 2 aromatic carbocycles. The van der Waals surface area contributed by atoms with Gasteiger partial charge in [0, 0.05) is 42.6 Å². The summed E-state index contributed by atoms with van der Waals surface area (Å²) in [4.78, 5) is 4.31. The number of nitrogens with zero attached hydrogens (tertiary/aromatic N) is 2. The molecular formula is C16H17ClFN3. The van der Waals surface area contributed by atoms with Gasteiger partial charge in [0.1, 0.15) is 5.82 Å². The highest BCUT2D eigenvalue weighted by Gasteiger charge is 2.19. The summed E-state index contributed by atoms with van der Waals surface area (Å²) in [5.74, 6) is -0.258. The van der Waals surface area contributed by atoms with Gasteiger partial charge >= 0.3 is 0 Å². The Bertz CT molecular complexity index is 639. The third-order valence-electron chi connectivity index (χ3n) is 3.77. The Labute approximate surface area is 128 Å². The van der Waals surface area contributed by atoms with Crippen LogP contribution in [-0.2, 0) is 0 Å². The van der Waals surface area contributed by atoms with Gasteiger partial charge in [-0.2, -0.15) is 0 Å². The first kappa shape index (κ1) is 14.0. The second kappa shape index (κ2) is 5.82. The number of hydrogen-bond donors (Lipinski definition) is 1. The zero-order chi connectivity index (χ0) is 14.8. The lowest BCUT2D eigenvalue weighted by Gasteiger charge is -2.37. The molecule has 110 valence electrons. The van der Waals surface area contributed by atoms with Crippen molar-refractivity contribution in [2.75, 3.05) is 41.7 Å². The maximum Gasteiger partial charge on any atom is 0.148 e. The summed E-state index contributed by atoms with van der Waals surface area (Å²) in [5.41, 5.74) is 7.77. The Hall–Kier alpha value is -1.94. The lowest BCUT2D eigenvalue weighted by atomic mass is 10.2. The van der Waals surface area contributed by atoms with Crippen molar-refractivity contribution in [2.24, 2.45) is 0 Å². The van der Waals surface area contributed by atoms with E-state index >= 15 is 0 Å². The van der Waals surface area contributed by atoms with Crippen LogP contribution >= 0.6 is 11.6 Å². The van der Waals surface area contributed by atoms with Crippen LogP contribution in [0.5, 0.6) is 0 Å². The van der Waals surface area contributed by atoms with E-state index < -0.39 is 0 Å². The van der Waals surface area contributed by atoms with Crippen LogP contribution in [0.25, 0.3) is 0 Å². The van der Waals surface area contributed by atoms with Crippen LogP contribution in [0.3, 0.4) is 0 Å². The fourth-order valence-corrected chi connectivity index (χ4v) is 2.84. The number of piperazine rings is 1. The number of halogens is 2. The summed E-state index contributed by atoms with van der Waals surface area (Å²) >= 11 is 6.03. The number of rotatable bonds is 2. The van der Waals surface area contributed by atoms with E-state index in [0.717, 1.165) is 36.9 Å². The van der Waals surface area contributed by atoms with E-state index in [1.165, 1.54) is 6.07 Å². The molecule has 5 heteroatoms. The molecule has 0 saturated carbocycles. The number of hydrogen-bond acceptors (Lipinski definition) is 3. The van der Waals surface area contributed by atoms with Crippen molar-refractivity contribution in [1.82, 2.24) is 0 Å². The standard InChI is InChI=1S/C16H17ClFN3/c17-12-2-1-3-14(10-12)20-6-8-21(9-7-20)16-5-4-13(19)11-15(16)18/h1-5,10-11H,6-9,19H2. The Morgan fingerprint density at radius 1 is 0.952 bits per heavy atom. The quantitative estimate of drug-likeness (QED) is 0.863. The van der Waals surface area contributed by atoms with Gasteiger partial charge in [-0.25, -0.2) is 4.39 Å². The summed E-state index contributed by atoms with van der Waals surface area (Å²) in [6.07, 6.45) is 0. The summed E-state index contributed by atoms with van der Waals surface area (Å²) < 4.78 is 14.0. The summed E-state index contributed by atoms with van der Waals surface area (Å²) in [6, 6.07) is 12.7. The van der Waals surface area contributed by atoms with E-state index in [0.29, 0.717) is 11.4 Å². The highest BCUT2D eigenvalue weighted by Crippen LogP contribution is 2.25. The molecule has 1 heterocycles. The first-order chi connectivity index (χ1) is 10.1. The van der Waals surface area contributed by atoms with Crippen molar-refractivity contribution in [2.45, 2.75) is 0 Å². The fourth-order valence-electron chi connectivity index (χ4n) is 2.66. The van der Waals surface area contributed by atoms with Gasteiger partial charge in [-0.3, -0.25) is 0 Å². The molecule has 1 saturated heterocycles. The molecule has 21 heavy (non-hydrogen) atoms. The Morgan fingerprint density at radius 2 is 1.67 bits per heavy atom. The molecule has 2 N–H and O–H groups in total. The second-order valence-electron chi connectivity index (χ2n) is 5.16. The second-order valence-corrected chi connectivity index (χ2v) is 5.60. The third kappa shape index (κ3) is 3.05. The van der Waals surface area contributed by atoms with E-state index in [2.05, 4.69) is 9.80 Å². The van der Waals surface area contributed by atoms with E-state index in [1.807, 2.05) is 24.3 Å². The molecule has 1 fully saturated rings. The zero-order valence-electron chi connectivity index (χ0n) is 11.6. The smallest absolute Gasteiger partial charge is 0.148 e. The van der Waals surface area contributed by atoms with Gasteiger partial charge in [0.15, 0.2) is 0 Å². The molecule has 0 spiro atoms. The average molecular weight is 306 g/mol. The summed E-state index contributed by atoms with van der Waals surface area (Å²) in [7, 11) is 0. The van der Waals surface area contributed by atoms with Gasteiger partial charge in [0.2, 0.25) is 0 Å². The summed E-state index contributed by atoms with van der Waals surface area (Å²) in [6.45, 7) is 3.22. The van der Waals surface area contributed by atoms with Gasteiger partial charge in [0.05, 0.1) is 5.69 Å². The van der Waals surface area contributed by atoms with Crippen molar-refractivity contribution in [3.63, 3.8) is 0 Å². The molecule has 0 unspecified atom stereocenters. The number of benzene rings is 2. The minimum atomic E-state index is -0.258. The molecule has 2 aromatic rings. The normalized spacial score (nSPS) is 15.3. The zero-order valence-corrected chi connectivity index (χ0v) is 12.4. The van der Waals surface area contributed by atoms with Crippen LogP contribution in [0.1, 0.15) is 0 Å². The topological polar surface area (TPSA) is 32.5 Å². The molecule has 3 nitrogen and oxygen atoms in total. The summed E-state index contributed by atoms with van der Waals surface area (Å²) in [5, 5.41) is 0.736. The first-order valence-electron chi connectivity index (χ1n) is 6.94. The molecule has 0 aliphatic carbocycles. The van der Waals surface area contributed by atoms with Gasteiger partial charge in [-0.15, -0.1) is 0 Å². The van der Waals surface area contributed by atoms with Crippen LogP contribution in [0, 0.1) is 5.82 Å². The van der Waals surface area contributed by atoms with Crippen LogP contribution < -0.4 is 15.5 Å². The van der Waals surface area contributed by atoms with Crippen LogP contribution in [0.2, 0.25) is 5.02 Å². The van der Waals surface area contributed by atoms with Crippen LogP contribution in [0.15, 0.2) is 42.5 Å². The van der Waals surface area contributed by atoms with Gasteiger partial charge < -0.3 is 15.5 Å². The average Bonchev–Trinajstić information content (AvgIpc) is 2.47. The minimum Gasteiger partial charge on any atom is -0.399 e. The number of nitrogens with two attached hydrogens (primary N) is 1. The van der Waals surface area contributed by atoms with Gasteiger partial charge in [-0.05, 0) is 36.4 Å². The van der Waals surface area contributed by atoms with Crippen molar-refractivity contribution >= 4 is 28.7 Å². The molecule has 0 aromatic heterocycles. The first-order valence-corrected chi connectivity index (χ1v) is 7.32. The monoisotopic (exact) mass is 305 g/mol. The maximum atomic E-state index is 14.0.